The Balaban J connectivity index is 1.99. The number of amides is 1. The lowest BCUT2D eigenvalue weighted by molar-refractivity contribution is -0.139. The van der Waals surface area contributed by atoms with Crippen molar-refractivity contribution in [1.29, 1.82) is 0 Å². The third kappa shape index (κ3) is 3.53. The molecule has 0 radical (unpaired) electrons. The van der Waals surface area contributed by atoms with Crippen LogP contribution >= 0.6 is 0 Å². The number of hydrogen-bond acceptors (Lipinski definition) is 3. The van der Waals surface area contributed by atoms with Crippen LogP contribution in [-0.2, 0) is 4.79 Å². The maximum absolute atomic E-state index is 11.9. The first kappa shape index (κ1) is 13.5. The van der Waals surface area contributed by atoms with Crippen LogP contribution in [0.4, 0.5) is 0 Å². The molecule has 1 heterocycles. The predicted molar refractivity (Wildman–Crippen MR) is 70.0 cm³/mol. The summed E-state index contributed by atoms with van der Waals surface area (Å²) in [6.07, 6.45) is 5.20. The number of carboxylic acid groups (broad SMARTS) is 1. The fraction of sp³-hybridized carbons (Fsp3) is 0.500. The van der Waals surface area contributed by atoms with Crippen molar-refractivity contribution in [2.24, 2.45) is 0 Å². The van der Waals surface area contributed by atoms with Crippen molar-refractivity contribution in [3.8, 4) is 0 Å². The van der Waals surface area contributed by atoms with Crippen LogP contribution in [0.5, 0.6) is 0 Å². The number of nitrogens with zero attached hydrogens (tertiary/aromatic N) is 1. The lowest BCUT2D eigenvalue weighted by Crippen LogP contribution is -2.40. The largest absolute Gasteiger partial charge is 0.480 e. The number of rotatable bonds is 6. The van der Waals surface area contributed by atoms with Gasteiger partial charge in [-0.05, 0) is 36.8 Å². The van der Waals surface area contributed by atoms with E-state index in [1.165, 1.54) is 12.8 Å². The van der Waals surface area contributed by atoms with Crippen molar-refractivity contribution in [3.05, 3.63) is 29.6 Å². The van der Waals surface area contributed by atoms with Gasteiger partial charge in [-0.2, -0.15) is 0 Å². The van der Waals surface area contributed by atoms with Crippen molar-refractivity contribution in [3.63, 3.8) is 0 Å². The highest BCUT2D eigenvalue weighted by atomic mass is 16.4. The molecule has 1 fully saturated rings. The number of carbonyl (C=O) groups is 2. The van der Waals surface area contributed by atoms with Gasteiger partial charge in [-0.15, -0.1) is 0 Å². The van der Waals surface area contributed by atoms with E-state index in [1.54, 1.807) is 12.3 Å². The summed E-state index contributed by atoms with van der Waals surface area (Å²) in [5, 5.41) is 11.5. The molecule has 0 aliphatic heterocycles. The third-order valence-corrected chi connectivity index (χ3v) is 3.25. The Bertz CT molecular complexity index is 466. The maximum Gasteiger partial charge on any atom is 0.326 e. The minimum atomic E-state index is -1.01. The normalized spacial score (nSPS) is 15.8. The lowest BCUT2D eigenvalue weighted by atomic mass is 10.1. The van der Waals surface area contributed by atoms with E-state index in [0.29, 0.717) is 18.8 Å². The monoisotopic (exact) mass is 262 g/mol. The Morgan fingerprint density at radius 2 is 2.21 bits per heavy atom. The molecule has 2 rings (SSSR count). The van der Waals surface area contributed by atoms with Gasteiger partial charge in [0.05, 0.1) is 0 Å². The molecule has 1 aliphatic rings. The van der Waals surface area contributed by atoms with Gasteiger partial charge in [0, 0.05) is 6.20 Å². The zero-order valence-electron chi connectivity index (χ0n) is 10.9. The van der Waals surface area contributed by atoms with Crippen molar-refractivity contribution in [2.45, 2.75) is 44.6 Å². The molecule has 1 aromatic heterocycles. The van der Waals surface area contributed by atoms with Crippen LogP contribution in [0.1, 0.15) is 54.6 Å². The average molecular weight is 262 g/mol. The number of carboxylic acids is 1. The number of aliphatic carboxylic acids is 1. The maximum atomic E-state index is 11.9. The third-order valence-electron chi connectivity index (χ3n) is 3.25. The molecule has 1 saturated carbocycles. The fourth-order valence-electron chi connectivity index (χ4n) is 1.98. The smallest absolute Gasteiger partial charge is 0.326 e. The molecule has 5 nitrogen and oxygen atoms in total. The summed E-state index contributed by atoms with van der Waals surface area (Å²) in [6, 6.07) is 2.71. The van der Waals surface area contributed by atoms with Gasteiger partial charge in [-0.25, -0.2) is 4.79 Å². The number of aromatic nitrogens is 1. The van der Waals surface area contributed by atoms with Crippen LogP contribution < -0.4 is 5.32 Å². The van der Waals surface area contributed by atoms with E-state index >= 15 is 0 Å². The van der Waals surface area contributed by atoms with E-state index in [4.69, 9.17) is 5.11 Å². The number of nitrogens with one attached hydrogen (secondary N) is 1. The molecule has 0 saturated heterocycles. The van der Waals surface area contributed by atoms with E-state index in [1.807, 2.05) is 13.0 Å². The summed E-state index contributed by atoms with van der Waals surface area (Å²) in [5.74, 6) is -0.843. The zero-order valence-corrected chi connectivity index (χ0v) is 10.9. The fourth-order valence-corrected chi connectivity index (χ4v) is 1.98. The standard InChI is InChI=1S/C14H18N2O3/c1-2-3-12(14(18)19)16-13(17)11-7-6-10(8-15-11)9-4-5-9/h6-9,12H,2-5H2,1H3,(H,16,17)(H,18,19). The molecule has 1 atom stereocenters. The first-order valence-corrected chi connectivity index (χ1v) is 6.61. The average Bonchev–Trinajstić information content (AvgIpc) is 3.22. The van der Waals surface area contributed by atoms with Gasteiger partial charge in [-0.3, -0.25) is 9.78 Å². The van der Waals surface area contributed by atoms with Gasteiger partial charge >= 0.3 is 5.97 Å². The van der Waals surface area contributed by atoms with Crippen molar-refractivity contribution in [1.82, 2.24) is 10.3 Å². The summed E-state index contributed by atoms with van der Waals surface area (Å²) in [6.45, 7) is 1.88. The minimum absolute atomic E-state index is 0.270. The van der Waals surface area contributed by atoms with Gasteiger partial charge in [0.25, 0.3) is 5.91 Å². The Hall–Kier alpha value is -1.91. The summed E-state index contributed by atoms with van der Waals surface area (Å²) in [5.41, 5.74) is 1.42. The number of hydrogen-bond donors (Lipinski definition) is 2. The van der Waals surface area contributed by atoms with E-state index in [9.17, 15) is 9.59 Å². The molecule has 1 amide bonds. The summed E-state index contributed by atoms with van der Waals surface area (Å²) < 4.78 is 0. The molecular formula is C14H18N2O3. The first-order chi connectivity index (χ1) is 9.11. The second kappa shape index (κ2) is 5.82. The molecule has 102 valence electrons. The summed E-state index contributed by atoms with van der Waals surface area (Å²) in [7, 11) is 0. The highest BCUT2D eigenvalue weighted by Gasteiger charge is 2.24. The Morgan fingerprint density at radius 3 is 2.68 bits per heavy atom. The topological polar surface area (TPSA) is 79.3 Å². The number of carbonyl (C=O) groups excluding carboxylic acids is 1. The molecule has 1 aromatic rings. The van der Waals surface area contributed by atoms with Crippen molar-refractivity contribution in [2.75, 3.05) is 0 Å². The Morgan fingerprint density at radius 1 is 1.47 bits per heavy atom. The molecule has 19 heavy (non-hydrogen) atoms. The van der Waals surface area contributed by atoms with Crippen LogP contribution in [0.15, 0.2) is 18.3 Å². The van der Waals surface area contributed by atoms with Gasteiger partial charge < -0.3 is 10.4 Å². The highest BCUT2D eigenvalue weighted by molar-refractivity contribution is 5.94. The van der Waals surface area contributed by atoms with Crippen LogP contribution in [-0.4, -0.2) is 28.0 Å². The molecule has 0 bridgehead atoms. The van der Waals surface area contributed by atoms with E-state index in [-0.39, 0.29) is 5.69 Å². The molecule has 1 unspecified atom stereocenters. The highest BCUT2D eigenvalue weighted by Crippen LogP contribution is 2.39. The summed E-state index contributed by atoms with van der Waals surface area (Å²) >= 11 is 0. The molecule has 5 heteroatoms. The SMILES string of the molecule is CCCC(NC(=O)c1ccc(C2CC2)cn1)C(=O)O. The molecular weight excluding hydrogens is 244 g/mol. The Labute approximate surface area is 112 Å². The summed E-state index contributed by atoms with van der Waals surface area (Å²) in [4.78, 5) is 27.0. The van der Waals surface area contributed by atoms with Gasteiger partial charge in [0.15, 0.2) is 0 Å². The predicted octanol–water partition coefficient (Wildman–Crippen LogP) is 1.94. The van der Waals surface area contributed by atoms with Crippen molar-refractivity contribution < 1.29 is 14.7 Å². The Kier molecular flexibility index (Phi) is 4.14. The molecule has 1 aliphatic carbocycles. The second-order valence-electron chi connectivity index (χ2n) is 4.90. The molecule has 2 N–H and O–H groups in total. The number of pyridine rings is 1. The zero-order chi connectivity index (χ0) is 13.8. The van der Waals surface area contributed by atoms with Gasteiger partial charge in [-0.1, -0.05) is 19.4 Å². The van der Waals surface area contributed by atoms with E-state index in [0.717, 1.165) is 5.56 Å². The van der Waals surface area contributed by atoms with Crippen LogP contribution in [0.2, 0.25) is 0 Å². The minimum Gasteiger partial charge on any atom is -0.480 e. The van der Waals surface area contributed by atoms with Gasteiger partial charge in [0.2, 0.25) is 0 Å². The molecule has 0 spiro atoms. The van der Waals surface area contributed by atoms with Crippen LogP contribution in [0, 0.1) is 0 Å². The quantitative estimate of drug-likeness (QED) is 0.821. The molecule has 0 aromatic carbocycles. The van der Waals surface area contributed by atoms with Gasteiger partial charge in [0.1, 0.15) is 11.7 Å². The first-order valence-electron chi connectivity index (χ1n) is 6.61. The van der Waals surface area contributed by atoms with Crippen LogP contribution in [0.3, 0.4) is 0 Å². The van der Waals surface area contributed by atoms with E-state index < -0.39 is 17.9 Å². The van der Waals surface area contributed by atoms with Crippen LogP contribution in [0.25, 0.3) is 0 Å². The van der Waals surface area contributed by atoms with E-state index in [2.05, 4.69) is 10.3 Å². The second-order valence-corrected chi connectivity index (χ2v) is 4.90. The lowest BCUT2D eigenvalue weighted by Gasteiger charge is -2.13. The van der Waals surface area contributed by atoms with Crippen molar-refractivity contribution >= 4 is 11.9 Å².